The van der Waals surface area contributed by atoms with Crippen molar-refractivity contribution in [2.45, 2.75) is 13.0 Å². The zero-order chi connectivity index (χ0) is 15.6. The Kier molecular flexibility index (Phi) is 3.64. The molecule has 0 spiro atoms. The maximum absolute atomic E-state index is 5.63. The molecule has 0 aliphatic carbocycles. The summed E-state index contributed by atoms with van der Waals surface area (Å²) in [5, 5.41) is 2.54. The van der Waals surface area contributed by atoms with Gasteiger partial charge in [0.1, 0.15) is 5.58 Å². The number of aromatic nitrogens is 1. The minimum absolute atomic E-state index is 0.902. The van der Waals surface area contributed by atoms with Crippen molar-refractivity contribution in [1.82, 2.24) is 9.88 Å². The number of benzene rings is 2. The molecule has 0 radical (unpaired) electrons. The van der Waals surface area contributed by atoms with Crippen molar-refractivity contribution in [3.8, 4) is 0 Å². The van der Waals surface area contributed by atoms with Crippen LogP contribution in [0.5, 0.6) is 0 Å². The summed E-state index contributed by atoms with van der Waals surface area (Å²) in [4.78, 5) is 5.69. The summed E-state index contributed by atoms with van der Waals surface area (Å²) >= 11 is 0. The molecule has 0 saturated heterocycles. The van der Waals surface area contributed by atoms with Gasteiger partial charge in [0.05, 0.1) is 6.26 Å². The highest BCUT2D eigenvalue weighted by Crippen LogP contribution is 2.22. The molecule has 0 saturated carbocycles. The van der Waals surface area contributed by atoms with Gasteiger partial charge in [0.15, 0.2) is 0 Å². The standard InChI is InChI=1S/C20H20N2O/c1-22(13-16-14-23-20-9-5-3-7-18(16)20)11-10-15-12-21-19-8-4-2-6-17(15)19/h2-9,12,14,21H,10-11,13H2,1H3. The number of hydrogen-bond acceptors (Lipinski definition) is 2. The minimum atomic E-state index is 0.902. The zero-order valence-corrected chi connectivity index (χ0v) is 13.3. The van der Waals surface area contributed by atoms with E-state index in [1.165, 1.54) is 27.4 Å². The van der Waals surface area contributed by atoms with Crippen molar-refractivity contribution in [3.05, 3.63) is 72.1 Å². The summed E-state index contributed by atoms with van der Waals surface area (Å²) < 4.78 is 5.63. The molecule has 4 aromatic rings. The van der Waals surface area contributed by atoms with E-state index in [4.69, 9.17) is 4.42 Å². The molecule has 0 bridgehead atoms. The molecular formula is C20H20N2O. The molecule has 0 unspecified atom stereocenters. The van der Waals surface area contributed by atoms with E-state index >= 15 is 0 Å². The normalized spacial score (nSPS) is 11.7. The number of likely N-dealkylation sites (N-methyl/N-ethyl adjacent to an activating group) is 1. The van der Waals surface area contributed by atoms with Gasteiger partial charge >= 0.3 is 0 Å². The lowest BCUT2D eigenvalue weighted by atomic mass is 10.1. The van der Waals surface area contributed by atoms with Gasteiger partial charge in [-0.25, -0.2) is 0 Å². The van der Waals surface area contributed by atoms with Crippen LogP contribution in [0.3, 0.4) is 0 Å². The van der Waals surface area contributed by atoms with Gasteiger partial charge in [0.25, 0.3) is 0 Å². The Labute approximate surface area is 135 Å². The van der Waals surface area contributed by atoms with E-state index in [-0.39, 0.29) is 0 Å². The predicted molar refractivity (Wildman–Crippen MR) is 94.6 cm³/mol. The fraction of sp³-hybridized carbons (Fsp3) is 0.200. The monoisotopic (exact) mass is 304 g/mol. The number of nitrogens with one attached hydrogen (secondary N) is 1. The van der Waals surface area contributed by atoms with Crippen LogP contribution in [0.25, 0.3) is 21.9 Å². The predicted octanol–water partition coefficient (Wildman–Crippen LogP) is 4.59. The Morgan fingerprint density at radius 1 is 0.957 bits per heavy atom. The molecule has 1 N–H and O–H groups in total. The molecule has 116 valence electrons. The molecule has 2 aromatic heterocycles. The van der Waals surface area contributed by atoms with E-state index in [9.17, 15) is 0 Å². The van der Waals surface area contributed by atoms with Crippen molar-refractivity contribution < 1.29 is 4.42 Å². The Bertz CT molecular complexity index is 935. The Morgan fingerprint density at radius 2 is 1.74 bits per heavy atom. The highest BCUT2D eigenvalue weighted by Gasteiger charge is 2.09. The van der Waals surface area contributed by atoms with E-state index in [1.54, 1.807) is 0 Å². The van der Waals surface area contributed by atoms with Crippen LogP contribution in [0.2, 0.25) is 0 Å². The quantitative estimate of drug-likeness (QED) is 0.585. The molecule has 3 nitrogen and oxygen atoms in total. The highest BCUT2D eigenvalue weighted by atomic mass is 16.3. The van der Waals surface area contributed by atoms with E-state index in [0.717, 1.165) is 25.1 Å². The van der Waals surface area contributed by atoms with Crippen molar-refractivity contribution in [3.63, 3.8) is 0 Å². The average Bonchev–Trinajstić information content (AvgIpc) is 3.18. The van der Waals surface area contributed by atoms with Gasteiger partial charge in [-0.15, -0.1) is 0 Å². The number of nitrogens with zero attached hydrogens (tertiary/aromatic N) is 1. The molecule has 0 aliphatic rings. The van der Waals surface area contributed by atoms with Crippen LogP contribution in [0, 0.1) is 0 Å². The summed E-state index contributed by atoms with van der Waals surface area (Å²) in [6.45, 7) is 1.92. The van der Waals surface area contributed by atoms with Gasteiger partial charge in [-0.3, -0.25) is 0 Å². The lowest BCUT2D eigenvalue weighted by Gasteiger charge is -2.15. The van der Waals surface area contributed by atoms with Crippen molar-refractivity contribution in [1.29, 1.82) is 0 Å². The second kappa shape index (κ2) is 5.94. The average molecular weight is 304 g/mol. The number of furan rings is 1. The van der Waals surface area contributed by atoms with Crippen LogP contribution in [-0.4, -0.2) is 23.5 Å². The first-order valence-corrected chi connectivity index (χ1v) is 8.00. The van der Waals surface area contributed by atoms with E-state index in [2.05, 4.69) is 59.5 Å². The first-order chi connectivity index (χ1) is 11.3. The number of fused-ring (bicyclic) bond motifs is 2. The summed E-state index contributed by atoms with van der Waals surface area (Å²) in [5.74, 6) is 0. The van der Waals surface area contributed by atoms with E-state index in [1.807, 2.05) is 18.4 Å². The van der Waals surface area contributed by atoms with Crippen molar-refractivity contribution >= 4 is 21.9 Å². The van der Waals surface area contributed by atoms with Crippen LogP contribution in [0.15, 0.2) is 65.4 Å². The molecule has 0 fully saturated rings. The van der Waals surface area contributed by atoms with Crippen molar-refractivity contribution in [2.24, 2.45) is 0 Å². The molecule has 0 amide bonds. The summed E-state index contributed by atoms with van der Waals surface area (Å²) in [5.41, 5.74) is 4.81. The number of rotatable bonds is 5. The molecule has 2 aromatic carbocycles. The number of hydrogen-bond donors (Lipinski definition) is 1. The van der Waals surface area contributed by atoms with Crippen LogP contribution in [-0.2, 0) is 13.0 Å². The van der Waals surface area contributed by atoms with E-state index < -0.39 is 0 Å². The Morgan fingerprint density at radius 3 is 2.65 bits per heavy atom. The molecule has 0 atom stereocenters. The fourth-order valence-electron chi connectivity index (χ4n) is 3.17. The van der Waals surface area contributed by atoms with Gasteiger partial charge in [0, 0.05) is 41.1 Å². The molecular weight excluding hydrogens is 284 g/mol. The summed E-state index contributed by atoms with van der Waals surface area (Å²) in [6, 6.07) is 16.7. The van der Waals surface area contributed by atoms with E-state index in [0.29, 0.717) is 0 Å². The first-order valence-electron chi connectivity index (χ1n) is 8.00. The maximum atomic E-state index is 5.63. The van der Waals surface area contributed by atoms with Crippen LogP contribution in [0.1, 0.15) is 11.1 Å². The molecule has 4 rings (SSSR count). The van der Waals surface area contributed by atoms with Crippen molar-refractivity contribution in [2.75, 3.05) is 13.6 Å². The fourth-order valence-corrected chi connectivity index (χ4v) is 3.17. The second-order valence-corrected chi connectivity index (χ2v) is 6.10. The third-order valence-electron chi connectivity index (χ3n) is 4.44. The van der Waals surface area contributed by atoms with Gasteiger partial charge in [-0.05, 0) is 31.2 Å². The van der Waals surface area contributed by atoms with Crippen LogP contribution in [0.4, 0.5) is 0 Å². The smallest absolute Gasteiger partial charge is 0.134 e. The molecule has 0 aliphatic heterocycles. The molecule has 23 heavy (non-hydrogen) atoms. The minimum Gasteiger partial charge on any atom is -0.464 e. The summed E-state index contributed by atoms with van der Waals surface area (Å²) in [7, 11) is 2.16. The number of para-hydroxylation sites is 2. The lowest BCUT2D eigenvalue weighted by Crippen LogP contribution is -2.20. The third kappa shape index (κ3) is 2.76. The molecule has 2 heterocycles. The summed E-state index contributed by atoms with van der Waals surface area (Å²) in [6.07, 6.45) is 5.05. The Balaban J connectivity index is 1.45. The third-order valence-corrected chi connectivity index (χ3v) is 4.44. The zero-order valence-electron chi connectivity index (χ0n) is 13.3. The highest BCUT2D eigenvalue weighted by molar-refractivity contribution is 5.83. The number of H-pyrrole nitrogens is 1. The number of aromatic amines is 1. The van der Waals surface area contributed by atoms with Gasteiger partial charge in [-0.2, -0.15) is 0 Å². The Hall–Kier alpha value is -2.52. The van der Waals surface area contributed by atoms with Gasteiger partial charge in [-0.1, -0.05) is 36.4 Å². The SMILES string of the molecule is CN(CCc1c[nH]c2ccccc12)Cc1coc2ccccc12. The molecule has 3 heteroatoms. The van der Waals surface area contributed by atoms with Gasteiger partial charge in [0.2, 0.25) is 0 Å². The largest absolute Gasteiger partial charge is 0.464 e. The lowest BCUT2D eigenvalue weighted by molar-refractivity contribution is 0.331. The topological polar surface area (TPSA) is 32.2 Å². The maximum Gasteiger partial charge on any atom is 0.134 e. The van der Waals surface area contributed by atoms with Crippen LogP contribution >= 0.6 is 0 Å². The van der Waals surface area contributed by atoms with Gasteiger partial charge < -0.3 is 14.3 Å². The second-order valence-electron chi connectivity index (χ2n) is 6.10. The van der Waals surface area contributed by atoms with Crippen LogP contribution < -0.4 is 0 Å². The first kappa shape index (κ1) is 14.1.